The average molecular weight is 195 g/mol. The predicted octanol–water partition coefficient (Wildman–Crippen LogP) is 2.72. The molecule has 1 unspecified atom stereocenters. The van der Waals surface area contributed by atoms with E-state index in [2.05, 4.69) is 37.2 Å². The summed E-state index contributed by atoms with van der Waals surface area (Å²) in [5.74, 6) is 1.60. The third-order valence-electron chi connectivity index (χ3n) is 3.03. The molecule has 0 spiro atoms. The first-order chi connectivity index (χ1) is 6.18. The monoisotopic (exact) mass is 195 g/mol. The molecule has 0 N–H and O–H groups in total. The van der Waals surface area contributed by atoms with Gasteiger partial charge in [0.1, 0.15) is 0 Å². The van der Waals surface area contributed by atoms with Crippen LogP contribution in [0.15, 0.2) is 11.4 Å². The van der Waals surface area contributed by atoms with Crippen LogP contribution in [0.1, 0.15) is 23.3 Å². The van der Waals surface area contributed by atoms with Crippen LogP contribution in [0.2, 0.25) is 0 Å². The second-order valence-corrected chi connectivity index (χ2v) is 5.22. The van der Waals surface area contributed by atoms with Gasteiger partial charge in [-0.05, 0) is 36.9 Å². The van der Waals surface area contributed by atoms with Crippen molar-refractivity contribution in [2.75, 3.05) is 20.1 Å². The van der Waals surface area contributed by atoms with Crippen LogP contribution >= 0.6 is 11.3 Å². The first-order valence-electron chi connectivity index (χ1n) is 4.91. The van der Waals surface area contributed by atoms with Crippen molar-refractivity contribution in [3.05, 3.63) is 21.9 Å². The molecule has 0 bridgehead atoms. The van der Waals surface area contributed by atoms with E-state index in [1.165, 1.54) is 18.7 Å². The zero-order chi connectivity index (χ0) is 9.42. The van der Waals surface area contributed by atoms with E-state index in [1.807, 2.05) is 11.3 Å². The Kier molecular flexibility index (Phi) is 2.43. The highest BCUT2D eigenvalue weighted by molar-refractivity contribution is 7.10. The summed E-state index contributed by atoms with van der Waals surface area (Å²) in [6, 6.07) is 2.24. The van der Waals surface area contributed by atoms with Gasteiger partial charge in [-0.3, -0.25) is 0 Å². The zero-order valence-corrected chi connectivity index (χ0v) is 9.40. The molecule has 0 amide bonds. The van der Waals surface area contributed by atoms with Crippen LogP contribution in [0.3, 0.4) is 0 Å². The SMILES string of the molecule is Cc1ccsc1C1CN(C)C[C@H]1C. The number of aryl methyl sites for hydroxylation is 1. The van der Waals surface area contributed by atoms with Crippen molar-refractivity contribution in [3.63, 3.8) is 0 Å². The lowest BCUT2D eigenvalue weighted by Gasteiger charge is -2.13. The highest BCUT2D eigenvalue weighted by Gasteiger charge is 2.29. The van der Waals surface area contributed by atoms with Gasteiger partial charge >= 0.3 is 0 Å². The van der Waals surface area contributed by atoms with Crippen molar-refractivity contribution >= 4 is 11.3 Å². The molecule has 1 aromatic rings. The van der Waals surface area contributed by atoms with Gasteiger partial charge in [0.2, 0.25) is 0 Å². The van der Waals surface area contributed by atoms with Crippen molar-refractivity contribution in [2.45, 2.75) is 19.8 Å². The molecule has 0 aliphatic carbocycles. The van der Waals surface area contributed by atoms with E-state index in [-0.39, 0.29) is 0 Å². The van der Waals surface area contributed by atoms with Gasteiger partial charge < -0.3 is 4.90 Å². The van der Waals surface area contributed by atoms with Crippen molar-refractivity contribution in [3.8, 4) is 0 Å². The molecule has 1 aliphatic heterocycles. The number of hydrogen-bond acceptors (Lipinski definition) is 2. The smallest absolute Gasteiger partial charge is 0.0121 e. The van der Waals surface area contributed by atoms with Crippen molar-refractivity contribution in [2.24, 2.45) is 5.92 Å². The minimum atomic E-state index is 0.782. The van der Waals surface area contributed by atoms with Gasteiger partial charge in [-0.1, -0.05) is 6.92 Å². The number of thiophene rings is 1. The van der Waals surface area contributed by atoms with E-state index in [1.54, 1.807) is 4.88 Å². The Balaban J connectivity index is 2.22. The maximum atomic E-state index is 2.44. The van der Waals surface area contributed by atoms with Gasteiger partial charge in [0.15, 0.2) is 0 Å². The Morgan fingerprint density at radius 3 is 2.69 bits per heavy atom. The van der Waals surface area contributed by atoms with Gasteiger partial charge in [-0.25, -0.2) is 0 Å². The van der Waals surface area contributed by atoms with Gasteiger partial charge in [0.05, 0.1) is 0 Å². The molecule has 1 fully saturated rings. The van der Waals surface area contributed by atoms with E-state index < -0.39 is 0 Å². The van der Waals surface area contributed by atoms with E-state index in [4.69, 9.17) is 0 Å². The summed E-state index contributed by atoms with van der Waals surface area (Å²) in [5.41, 5.74) is 1.48. The van der Waals surface area contributed by atoms with Crippen LogP contribution in [0.4, 0.5) is 0 Å². The molecular formula is C11H17NS. The number of nitrogens with zero attached hydrogens (tertiary/aromatic N) is 1. The lowest BCUT2D eigenvalue weighted by Crippen LogP contribution is -2.13. The third-order valence-corrected chi connectivity index (χ3v) is 4.18. The maximum absolute atomic E-state index is 2.44. The Bertz CT molecular complexity index is 292. The molecular weight excluding hydrogens is 178 g/mol. The normalized spacial score (nSPS) is 29.8. The minimum Gasteiger partial charge on any atom is -0.305 e. The molecule has 1 nitrogen and oxygen atoms in total. The molecule has 13 heavy (non-hydrogen) atoms. The topological polar surface area (TPSA) is 3.24 Å². The largest absolute Gasteiger partial charge is 0.305 e. The molecule has 0 radical (unpaired) electrons. The van der Waals surface area contributed by atoms with Crippen LogP contribution in [0, 0.1) is 12.8 Å². The Morgan fingerprint density at radius 2 is 2.23 bits per heavy atom. The summed E-state index contributed by atoms with van der Waals surface area (Å²) in [6.07, 6.45) is 0. The van der Waals surface area contributed by atoms with Gasteiger partial charge in [-0.2, -0.15) is 0 Å². The summed E-state index contributed by atoms with van der Waals surface area (Å²) in [7, 11) is 2.22. The Labute approximate surface area is 84.4 Å². The quantitative estimate of drug-likeness (QED) is 0.666. The second kappa shape index (κ2) is 3.43. The van der Waals surface area contributed by atoms with E-state index in [0.717, 1.165) is 11.8 Å². The standard InChI is InChI=1S/C11H17NS/c1-8-4-5-13-11(8)10-7-12(3)6-9(10)2/h4-5,9-10H,6-7H2,1-3H3/t9-,10?/m1/s1. The molecule has 0 aromatic carbocycles. The summed E-state index contributed by atoms with van der Waals surface area (Å²) in [5, 5.41) is 2.22. The van der Waals surface area contributed by atoms with Gasteiger partial charge in [0.25, 0.3) is 0 Å². The fraction of sp³-hybridized carbons (Fsp3) is 0.636. The second-order valence-electron chi connectivity index (χ2n) is 4.27. The fourth-order valence-corrected chi connectivity index (χ4v) is 3.47. The molecule has 2 heteroatoms. The first kappa shape index (κ1) is 9.22. The van der Waals surface area contributed by atoms with Crippen LogP contribution in [-0.4, -0.2) is 25.0 Å². The third kappa shape index (κ3) is 1.65. The molecule has 72 valence electrons. The Morgan fingerprint density at radius 1 is 1.46 bits per heavy atom. The fourth-order valence-electron chi connectivity index (χ4n) is 2.31. The first-order valence-corrected chi connectivity index (χ1v) is 5.79. The molecule has 2 atom stereocenters. The van der Waals surface area contributed by atoms with E-state index >= 15 is 0 Å². The van der Waals surface area contributed by atoms with Crippen LogP contribution in [0.5, 0.6) is 0 Å². The molecule has 0 saturated carbocycles. The summed E-state index contributed by atoms with van der Waals surface area (Å²) in [4.78, 5) is 4.05. The van der Waals surface area contributed by atoms with E-state index in [9.17, 15) is 0 Å². The summed E-state index contributed by atoms with van der Waals surface area (Å²) < 4.78 is 0. The van der Waals surface area contributed by atoms with Crippen molar-refractivity contribution < 1.29 is 0 Å². The Hall–Kier alpha value is -0.340. The number of hydrogen-bond donors (Lipinski definition) is 0. The minimum absolute atomic E-state index is 0.782. The molecule has 1 aromatic heterocycles. The molecule has 1 aliphatic rings. The van der Waals surface area contributed by atoms with Crippen molar-refractivity contribution in [1.29, 1.82) is 0 Å². The summed E-state index contributed by atoms with van der Waals surface area (Å²) >= 11 is 1.93. The average Bonchev–Trinajstić information content (AvgIpc) is 2.58. The predicted molar refractivity (Wildman–Crippen MR) is 58.5 cm³/mol. The highest BCUT2D eigenvalue weighted by Crippen LogP contribution is 2.36. The number of rotatable bonds is 1. The lowest BCUT2D eigenvalue weighted by molar-refractivity contribution is 0.401. The highest BCUT2D eigenvalue weighted by atomic mass is 32.1. The van der Waals surface area contributed by atoms with Crippen LogP contribution < -0.4 is 0 Å². The number of likely N-dealkylation sites (N-methyl/N-ethyl adjacent to an activating group) is 1. The molecule has 2 heterocycles. The lowest BCUT2D eigenvalue weighted by atomic mass is 9.95. The molecule has 1 saturated heterocycles. The summed E-state index contributed by atoms with van der Waals surface area (Å²) in [6.45, 7) is 7.09. The van der Waals surface area contributed by atoms with Crippen LogP contribution in [-0.2, 0) is 0 Å². The maximum Gasteiger partial charge on any atom is 0.0121 e. The van der Waals surface area contributed by atoms with Crippen molar-refractivity contribution in [1.82, 2.24) is 4.90 Å². The zero-order valence-electron chi connectivity index (χ0n) is 8.58. The van der Waals surface area contributed by atoms with Gasteiger partial charge in [0, 0.05) is 23.9 Å². The molecule has 2 rings (SSSR count). The van der Waals surface area contributed by atoms with Gasteiger partial charge in [-0.15, -0.1) is 11.3 Å². The van der Waals surface area contributed by atoms with E-state index in [0.29, 0.717) is 0 Å². The number of likely N-dealkylation sites (tertiary alicyclic amines) is 1. The van der Waals surface area contributed by atoms with Crippen LogP contribution in [0.25, 0.3) is 0 Å².